The number of fused-ring (bicyclic) bond motifs is 1. The van der Waals surface area contributed by atoms with Gasteiger partial charge in [0.25, 0.3) is 5.91 Å². The number of carbonyl (C=O) groups is 1. The van der Waals surface area contributed by atoms with Crippen molar-refractivity contribution in [2.75, 3.05) is 6.54 Å². The number of nitrogens with zero attached hydrogens (tertiary/aromatic N) is 5. The van der Waals surface area contributed by atoms with E-state index in [0.717, 1.165) is 6.07 Å². The Hall–Kier alpha value is -3.21. The summed E-state index contributed by atoms with van der Waals surface area (Å²) >= 11 is 1.28. The molecule has 0 spiro atoms. The van der Waals surface area contributed by atoms with Crippen molar-refractivity contribution < 1.29 is 18.0 Å². The van der Waals surface area contributed by atoms with E-state index in [1.165, 1.54) is 17.4 Å². The highest BCUT2D eigenvalue weighted by atomic mass is 32.1. The third-order valence-electron chi connectivity index (χ3n) is 4.13. The quantitative estimate of drug-likeness (QED) is 0.485. The summed E-state index contributed by atoms with van der Waals surface area (Å²) in [6.07, 6.45) is -0.559. The fraction of sp³-hybridized carbons (Fsp3) is 0.222. The van der Waals surface area contributed by atoms with Gasteiger partial charge in [0.2, 0.25) is 0 Å². The van der Waals surface area contributed by atoms with E-state index >= 15 is 0 Å². The molecule has 1 amide bonds. The maximum atomic E-state index is 13.5. The molecular formula is C18H15F3N6OS. The van der Waals surface area contributed by atoms with Crippen LogP contribution in [0.25, 0.3) is 16.2 Å². The van der Waals surface area contributed by atoms with Crippen LogP contribution in [0, 0.1) is 0 Å². The van der Waals surface area contributed by atoms with Gasteiger partial charge in [0.05, 0.1) is 10.6 Å². The number of amides is 1. The number of thiophene rings is 1. The number of hydrogen-bond donors (Lipinski definition) is 1. The minimum Gasteiger partial charge on any atom is -0.351 e. The van der Waals surface area contributed by atoms with E-state index in [4.69, 9.17) is 0 Å². The number of carbonyl (C=O) groups excluding carboxylic acids is 1. The summed E-state index contributed by atoms with van der Waals surface area (Å²) < 4.78 is 43.0. The molecule has 0 atom stereocenters. The van der Waals surface area contributed by atoms with Crippen LogP contribution < -0.4 is 5.32 Å². The van der Waals surface area contributed by atoms with Gasteiger partial charge in [0, 0.05) is 31.5 Å². The van der Waals surface area contributed by atoms with Gasteiger partial charge in [-0.1, -0.05) is 6.07 Å². The summed E-state index contributed by atoms with van der Waals surface area (Å²) in [6, 6.07) is 7.42. The Balaban J connectivity index is 1.56. The number of alkyl halides is 3. The Morgan fingerprint density at radius 1 is 1.24 bits per heavy atom. The molecule has 0 unspecified atom stereocenters. The predicted octanol–water partition coefficient (Wildman–Crippen LogP) is 3.49. The lowest BCUT2D eigenvalue weighted by Crippen LogP contribution is -2.26. The lowest BCUT2D eigenvalue weighted by Gasteiger charge is -2.10. The predicted molar refractivity (Wildman–Crippen MR) is 100 cm³/mol. The molecule has 150 valence electrons. The van der Waals surface area contributed by atoms with Crippen molar-refractivity contribution in [2.24, 2.45) is 0 Å². The molecule has 11 heteroatoms. The van der Waals surface area contributed by atoms with Crippen molar-refractivity contribution in [3.05, 3.63) is 59.5 Å². The lowest BCUT2D eigenvalue weighted by molar-refractivity contribution is -0.142. The van der Waals surface area contributed by atoms with Gasteiger partial charge in [-0.3, -0.25) is 9.48 Å². The van der Waals surface area contributed by atoms with Crippen LogP contribution >= 0.6 is 11.3 Å². The number of rotatable bonds is 6. The summed E-state index contributed by atoms with van der Waals surface area (Å²) in [4.78, 5) is 17.2. The summed E-state index contributed by atoms with van der Waals surface area (Å²) in [7, 11) is 0. The first kappa shape index (κ1) is 19.1. The number of aryl methyl sites for hydroxylation is 1. The van der Waals surface area contributed by atoms with E-state index in [2.05, 4.69) is 20.5 Å². The largest absolute Gasteiger partial charge is 0.433 e. The molecule has 0 saturated carbocycles. The standard InChI is InChI=1S/C18H15F3N6OS/c19-18(20,21)15-10-12(14-4-1-9-29-14)24-16-11-13(25-27(15)16)17(28)22-5-2-7-26-8-3-6-23-26/h1,3-4,6,8-11H,2,5,7H2,(H,22,28). The molecule has 0 aliphatic carbocycles. The Kier molecular flexibility index (Phi) is 5.05. The van der Waals surface area contributed by atoms with E-state index in [0.29, 0.717) is 28.9 Å². The van der Waals surface area contributed by atoms with Gasteiger partial charge in [-0.15, -0.1) is 11.3 Å². The van der Waals surface area contributed by atoms with Crippen LogP contribution in [0.1, 0.15) is 22.6 Å². The number of hydrogen-bond acceptors (Lipinski definition) is 5. The molecule has 1 N–H and O–H groups in total. The minimum atomic E-state index is -4.64. The van der Waals surface area contributed by atoms with E-state index in [9.17, 15) is 18.0 Å². The van der Waals surface area contributed by atoms with Crippen LogP contribution in [0.15, 0.2) is 48.1 Å². The molecule has 4 aromatic heterocycles. The maximum absolute atomic E-state index is 13.5. The second kappa shape index (κ2) is 7.66. The molecule has 0 saturated heterocycles. The van der Waals surface area contributed by atoms with Gasteiger partial charge in [-0.25, -0.2) is 9.50 Å². The molecule has 0 aromatic carbocycles. The minimum absolute atomic E-state index is 0.0371. The normalized spacial score (nSPS) is 11.8. The Morgan fingerprint density at radius 2 is 2.10 bits per heavy atom. The highest BCUT2D eigenvalue weighted by Gasteiger charge is 2.35. The van der Waals surface area contributed by atoms with Crippen molar-refractivity contribution in [2.45, 2.75) is 19.1 Å². The van der Waals surface area contributed by atoms with E-state index in [1.807, 2.05) is 0 Å². The van der Waals surface area contributed by atoms with Gasteiger partial charge in [-0.05, 0) is 30.0 Å². The van der Waals surface area contributed by atoms with Crippen molar-refractivity contribution in [3.8, 4) is 10.6 Å². The topological polar surface area (TPSA) is 77.1 Å². The zero-order valence-electron chi connectivity index (χ0n) is 14.9. The van der Waals surface area contributed by atoms with Crippen LogP contribution in [0.2, 0.25) is 0 Å². The van der Waals surface area contributed by atoms with Crippen molar-refractivity contribution >= 4 is 22.9 Å². The monoisotopic (exact) mass is 420 g/mol. The molecule has 0 radical (unpaired) electrons. The second-order valence-electron chi connectivity index (χ2n) is 6.18. The van der Waals surface area contributed by atoms with Crippen molar-refractivity contribution in [3.63, 3.8) is 0 Å². The van der Waals surface area contributed by atoms with Crippen LogP contribution in [0.3, 0.4) is 0 Å². The molecule has 4 aromatic rings. The first-order chi connectivity index (χ1) is 13.9. The first-order valence-electron chi connectivity index (χ1n) is 8.69. The van der Waals surface area contributed by atoms with Crippen molar-refractivity contribution in [1.29, 1.82) is 0 Å². The Morgan fingerprint density at radius 3 is 2.79 bits per heavy atom. The Bertz CT molecular complexity index is 1120. The molecule has 0 aliphatic rings. The summed E-state index contributed by atoms with van der Waals surface area (Å²) in [6.45, 7) is 0.953. The van der Waals surface area contributed by atoms with Gasteiger partial charge in [-0.2, -0.15) is 23.4 Å². The molecule has 4 heterocycles. The summed E-state index contributed by atoms with van der Waals surface area (Å²) in [5.41, 5.74) is -0.954. The third-order valence-corrected chi connectivity index (χ3v) is 5.02. The Labute approximate surface area is 166 Å². The van der Waals surface area contributed by atoms with E-state index < -0.39 is 17.8 Å². The van der Waals surface area contributed by atoms with Crippen LogP contribution in [-0.2, 0) is 12.7 Å². The molecular weight excluding hydrogens is 405 g/mol. The SMILES string of the molecule is O=C(NCCCn1cccn1)c1cc2nc(-c3cccs3)cc(C(F)(F)F)n2n1. The van der Waals surface area contributed by atoms with Crippen LogP contribution in [0.4, 0.5) is 13.2 Å². The second-order valence-corrected chi connectivity index (χ2v) is 7.13. The highest BCUT2D eigenvalue weighted by Crippen LogP contribution is 2.33. The van der Waals surface area contributed by atoms with Gasteiger partial charge < -0.3 is 5.32 Å². The fourth-order valence-electron chi connectivity index (χ4n) is 2.80. The molecule has 29 heavy (non-hydrogen) atoms. The number of halogens is 3. The maximum Gasteiger partial charge on any atom is 0.433 e. The average Bonchev–Trinajstić information content (AvgIpc) is 3.44. The molecule has 7 nitrogen and oxygen atoms in total. The van der Waals surface area contributed by atoms with Gasteiger partial charge in [0.15, 0.2) is 17.0 Å². The zero-order valence-corrected chi connectivity index (χ0v) is 15.7. The van der Waals surface area contributed by atoms with Gasteiger partial charge in [0.1, 0.15) is 0 Å². The smallest absolute Gasteiger partial charge is 0.351 e. The van der Waals surface area contributed by atoms with E-state index in [1.54, 1.807) is 40.7 Å². The van der Waals surface area contributed by atoms with Gasteiger partial charge >= 0.3 is 6.18 Å². The van der Waals surface area contributed by atoms with Crippen LogP contribution in [-0.4, -0.2) is 36.8 Å². The number of aromatic nitrogens is 5. The lowest BCUT2D eigenvalue weighted by atomic mass is 10.2. The fourth-order valence-corrected chi connectivity index (χ4v) is 3.49. The summed E-state index contributed by atoms with van der Waals surface area (Å²) in [5.74, 6) is -0.554. The molecule has 0 aliphatic heterocycles. The van der Waals surface area contributed by atoms with Crippen LogP contribution in [0.5, 0.6) is 0 Å². The highest BCUT2D eigenvalue weighted by molar-refractivity contribution is 7.13. The molecule has 4 rings (SSSR count). The third kappa shape index (κ3) is 4.14. The number of nitrogens with one attached hydrogen (secondary N) is 1. The zero-order chi connectivity index (χ0) is 20.4. The average molecular weight is 420 g/mol. The molecule has 0 fully saturated rings. The van der Waals surface area contributed by atoms with E-state index in [-0.39, 0.29) is 17.0 Å². The molecule has 0 bridgehead atoms. The van der Waals surface area contributed by atoms with Crippen molar-refractivity contribution in [1.82, 2.24) is 29.7 Å². The first-order valence-corrected chi connectivity index (χ1v) is 9.57. The summed E-state index contributed by atoms with van der Waals surface area (Å²) in [5, 5.41) is 12.3.